The number of benzene rings is 2. The Hall–Kier alpha value is -3.61. The Morgan fingerprint density at radius 1 is 1.04 bits per heavy atom. The van der Waals surface area contributed by atoms with E-state index in [9.17, 15) is 4.79 Å². The van der Waals surface area contributed by atoms with Crippen molar-refractivity contribution in [2.24, 2.45) is 0 Å². The van der Waals surface area contributed by atoms with Crippen molar-refractivity contribution < 1.29 is 14.3 Å². The molecule has 7 heteroatoms. The summed E-state index contributed by atoms with van der Waals surface area (Å²) < 4.78 is 11.0. The van der Waals surface area contributed by atoms with Crippen LogP contribution in [0, 0.1) is 0 Å². The smallest absolute Gasteiger partial charge is 0.274 e. The zero-order valence-corrected chi connectivity index (χ0v) is 14.8. The van der Waals surface area contributed by atoms with E-state index < -0.39 is 0 Å². The maximum absolute atomic E-state index is 12.6. The Kier molecular flexibility index (Phi) is 4.57. The van der Waals surface area contributed by atoms with Crippen molar-refractivity contribution >= 4 is 23.2 Å². The quantitative estimate of drug-likeness (QED) is 0.768. The van der Waals surface area contributed by atoms with Crippen LogP contribution in [0.25, 0.3) is 0 Å². The van der Waals surface area contributed by atoms with E-state index in [1.165, 1.54) is 0 Å². The number of carbonyl (C=O) groups excluding carboxylic acids is 1. The minimum absolute atomic E-state index is 0.276. The van der Waals surface area contributed by atoms with Gasteiger partial charge in [-0.05, 0) is 30.3 Å². The summed E-state index contributed by atoms with van der Waals surface area (Å²) in [5.74, 6) is 1.41. The molecule has 1 aromatic heterocycles. The van der Waals surface area contributed by atoms with E-state index in [2.05, 4.69) is 15.3 Å². The highest BCUT2D eigenvalue weighted by Gasteiger charge is 2.15. The number of anilines is 3. The van der Waals surface area contributed by atoms with Crippen LogP contribution in [0.1, 0.15) is 10.5 Å². The molecule has 1 N–H and O–H groups in total. The number of rotatable bonds is 4. The molecule has 27 heavy (non-hydrogen) atoms. The molecule has 1 aliphatic rings. The van der Waals surface area contributed by atoms with Gasteiger partial charge in [0.25, 0.3) is 5.91 Å². The lowest BCUT2D eigenvalue weighted by Crippen LogP contribution is -2.19. The van der Waals surface area contributed by atoms with Gasteiger partial charge in [-0.1, -0.05) is 18.2 Å². The van der Waals surface area contributed by atoms with Crippen molar-refractivity contribution in [2.75, 3.05) is 30.5 Å². The van der Waals surface area contributed by atoms with Gasteiger partial charge in [-0.15, -0.1) is 0 Å². The Morgan fingerprint density at radius 2 is 1.81 bits per heavy atom. The van der Waals surface area contributed by atoms with E-state index in [-0.39, 0.29) is 11.6 Å². The number of amides is 1. The highest BCUT2D eigenvalue weighted by atomic mass is 16.6. The van der Waals surface area contributed by atoms with Crippen molar-refractivity contribution in [3.8, 4) is 11.5 Å². The van der Waals surface area contributed by atoms with Crippen molar-refractivity contribution in [1.82, 2.24) is 9.97 Å². The highest BCUT2D eigenvalue weighted by Crippen LogP contribution is 2.32. The molecule has 0 atom stereocenters. The zero-order valence-electron chi connectivity index (χ0n) is 14.8. The number of nitrogens with zero attached hydrogens (tertiary/aromatic N) is 3. The van der Waals surface area contributed by atoms with E-state index in [0.29, 0.717) is 36.3 Å². The minimum Gasteiger partial charge on any atom is -0.486 e. The molecule has 1 amide bonds. The van der Waals surface area contributed by atoms with Gasteiger partial charge in [-0.25, -0.2) is 9.97 Å². The molecule has 4 rings (SSSR count). The number of para-hydroxylation sites is 1. The van der Waals surface area contributed by atoms with Crippen molar-refractivity contribution in [3.05, 3.63) is 66.5 Å². The van der Waals surface area contributed by atoms with E-state index in [0.717, 1.165) is 5.69 Å². The Labute approximate surface area is 156 Å². The topological polar surface area (TPSA) is 76.6 Å². The third kappa shape index (κ3) is 3.67. The van der Waals surface area contributed by atoms with Crippen LogP contribution < -0.4 is 19.7 Å². The van der Waals surface area contributed by atoms with Gasteiger partial charge in [0.1, 0.15) is 18.9 Å². The fraction of sp³-hybridized carbons (Fsp3) is 0.150. The summed E-state index contributed by atoms with van der Waals surface area (Å²) in [6.45, 7) is 1.02. The monoisotopic (exact) mass is 362 g/mol. The van der Waals surface area contributed by atoms with Gasteiger partial charge in [0.15, 0.2) is 11.5 Å². The van der Waals surface area contributed by atoms with E-state index in [1.54, 1.807) is 30.5 Å². The number of hydrogen-bond donors (Lipinski definition) is 1. The summed E-state index contributed by atoms with van der Waals surface area (Å²) in [6, 6.07) is 16.6. The molecule has 0 bridgehead atoms. The van der Waals surface area contributed by atoms with Crippen LogP contribution in [-0.4, -0.2) is 36.1 Å². The molecule has 1 aliphatic heterocycles. The predicted octanol–water partition coefficient (Wildman–Crippen LogP) is 3.27. The first-order valence-corrected chi connectivity index (χ1v) is 8.53. The van der Waals surface area contributed by atoms with Gasteiger partial charge in [-0.2, -0.15) is 0 Å². The van der Waals surface area contributed by atoms with E-state index in [4.69, 9.17) is 9.47 Å². The SMILES string of the molecule is CN(c1ccccc1)c1nccc(C(=O)Nc2ccc3c(c2)OCCO3)n1. The van der Waals surface area contributed by atoms with Crippen molar-refractivity contribution in [1.29, 1.82) is 0 Å². The van der Waals surface area contributed by atoms with Gasteiger partial charge < -0.3 is 19.7 Å². The molecule has 3 aromatic rings. The van der Waals surface area contributed by atoms with Gasteiger partial charge in [0.05, 0.1) is 0 Å². The van der Waals surface area contributed by atoms with Gasteiger partial charge >= 0.3 is 0 Å². The lowest BCUT2D eigenvalue weighted by molar-refractivity contribution is 0.102. The average Bonchev–Trinajstić information content (AvgIpc) is 2.74. The van der Waals surface area contributed by atoms with Crippen LogP contribution in [0.2, 0.25) is 0 Å². The number of ether oxygens (including phenoxy) is 2. The number of carbonyl (C=O) groups is 1. The van der Waals surface area contributed by atoms with Gasteiger partial charge in [0.2, 0.25) is 5.95 Å². The number of hydrogen-bond acceptors (Lipinski definition) is 6. The normalized spacial score (nSPS) is 12.3. The molecular formula is C20H18N4O3. The second-order valence-corrected chi connectivity index (χ2v) is 5.95. The van der Waals surface area contributed by atoms with Crippen LogP contribution >= 0.6 is 0 Å². The summed E-state index contributed by atoms with van der Waals surface area (Å²) >= 11 is 0. The molecule has 0 radical (unpaired) electrons. The molecule has 0 fully saturated rings. The molecule has 0 saturated heterocycles. The third-order valence-corrected chi connectivity index (χ3v) is 4.12. The van der Waals surface area contributed by atoms with Crippen molar-refractivity contribution in [3.63, 3.8) is 0 Å². The molecule has 7 nitrogen and oxygen atoms in total. The summed E-state index contributed by atoms with van der Waals surface area (Å²) in [6.07, 6.45) is 1.57. The fourth-order valence-corrected chi connectivity index (χ4v) is 2.72. The second kappa shape index (κ2) is 7.33. The molecule has 0 aliphatic carbocycles. The number of aromatic nitrogens is 2. The van der Waals surface area contributed by atoms with Crippen LogP contribution in [0.4, 0.5) is 17.3 Å². The third-order valence-electron chi connectivity index (χ3n) is 4.12. The molecule has 2 aromatic carbocycles. The first-order valence-electron chi connectivity index (χ1n) is 8.53. The number of fused-ring (bicyclic) bond motifs is 1. The zero-order chi connectivity index (χ0) is 18.6. The van der Waals surface area contributed by atoms with E-state index in [1.807, 2.05) is 42.3 Å². The summed E-state index contributed by atoms with van der Waals surface area (Å²) in [5.41, 5.74) is 1.82. The molecule has 136 valence electrons. The molecule has 0 spiro atoms. The fourth-order valence-electron chi connectivity index (χ4n) is 2.72. The van der Waals surface area contributed by atoms with Gasteiger partial charge in [-0.3, -0.25) is 4.79 Å². The van der Waals surface area contributed by atoms with Crippen LogP contribution in [0.5, 0.6) is 11.5 Å². The van der Waals surface area contributed by atoms with Crippen molar-refractivity contribution in [2.45, 2.75) is 0 Å². The maximum Gasteiger partial charge on any atom is 0.274 e. The second-order valence-electron chi connectivity index (χ2n) is 5.95. The summed E-state index contributed by atoms with van der Waals surface area (Å²) in [7, 11) is 1.85. The first-order chi connectivity index (χ1) is 13.2. The van der Waals surface area contributed by atoms with Crippen LogP contribution in [-0.2, 0) is 0 Å². The Balaban J connectivity index is 1.52. The van der Waals surface area contributed by atoms with E-state index >= 15 is 0 Å². The number of nitrogens with one attached hydrogen (secondary N) is 1. The average molecular weight is 362 g/mol. The first kappa shape index (κ1) is 16.8. The lowest BCUT2D eigenvalue weighted by Gasteiger charge is -2.19. The Morgan fingerprint density at radius 3 is 2.63 bits per heavy atom. The van der Waals surface area contributed by atoms with Crippen LogP contribution in [0.3, 0.4) is 0 Å². The Bertz CT molecular complexity index is 962. The highest BCUT2D eigenvalue weighted by molar-refractivity contribution is 6.03. The lowest BCUT2D eigenvalue weighted by atomic mass is 10.2. The summed E-state index contributed by atoms with van der Waals surface area (Å²) in [5, 5.41) is 2.83. The largest absolute Gasteiger partial charge is 0.486 e. The molecule has 2 heterocycles. The molecule has 0 saturated carbocycles. The minimum atomic E-state index is -0.322. The summed E-state index contributed by atoms with van der Waals surface area (Å²) in [4.78, 5) is 23.1. The standard InChI is InChI=1S/C20H18N4O3/c1-24(15-5-3-2-4-6-15)20-21-10-9-16(23-20)19(25)22-14-7-8-17-18(13-14)27-12-11-26-17/h2-10,13H,11-12H2,1H3,(H,22,25). The van der Waals surface area contributed by atoms with Gasteiger partial charge in [0, 0.05) is 30.7 Å². The molecule has 0 unspecified atom stereocenters. The van der Waals surface area contributed by atoms with Crippen LogP contribution in [0.15, 0.2) is 60.8 Å². The maximum atomic E-state index is 12.6. The predicted molar refractivity (Wildman–Crippen MR) is 102 cm³/mol. The molecular weight excluding hydrogens is 344 g/mol.